The van der Waals surface area contributed by atoms with E-state index in [0.717, 1.165) is 18.6 Å². The van der Waals surface area contributed by atoms with Gasteiger partial charge in [0.1, 0.15) is 11.0 Å². The summed E-state index contributed by atoms with van der Waals surface area (Å²) in [5.41, 5.74) is 8.38. The van der Waals surface area contributed by atoms with Crippen molar-refractivity contribution in [2.75, 3.05) is 11.5 Å². The van der Waals surface area contributed by atoms with E-state index in [4.69, 9.17) is 17.3 Å². The lowest BCUT2D eigenvalue weighted by Crippen LogP contribution is -2.07. The van der Waals surface area contributed by atoms with Gasteiger partial charge in [0.25, 0.3) is 0 Å². The Bertz CT molecular complexity index is 493. The topological polar surface area (TPSA) is 51.8 Å². The highest BCUT2D eigenvalue weighted by Crippen LogP contribution is 2.31. The molecule has 2 N–H and O–H groups in total. The number of halogens is 1. The molecule has 0 unspecified atom stereocenters. The highest BCUT2D eigenvalue weighted by molar-refractivity contribution is 7.99. The molecule has 0 saturated heterocycles. The fourth-order valence-electron chi connectivity index (χ4n) is 2.10. The molecule has 0 bridgehead atoms. The number of thioether (sulfide) groups is 1. The van der Waals surface area contributed by atoms with Gasteiger partial charge in [-0.2, -0.15) is 0 Å². The Morgan fingerprint density at radius 1 is 1.58 bits per heavy atom. The second-order valence-electron chi connectivity index (χ2n) is 4.87. The number of nitrogens with zero attached hydrogens (tertiary/aromatic N) is 2. The molecule has 1 atom stereocenters. The number of allylic oxidation sites excluding steroid dienone is 2. The van der Waals surface area contributed by atoms with Crippen LogP contribution in [-0.4, -0.2) is 15.7 Å². The van der Waals surface area contributed by atoms with Crippen LogP contribution in [0.4, 0.5) is 5.82 Å². The number of aromatic nitrogens is 2. The van der Waals surface area contributed by atoms with Gasteiger partial charge >= 0.3 is 0 Å². The summed E-state index contributed by atoms with van der Waals surface area (Å²) in [6.45, 7) is 6.15. The van der Waals surface area contributed by atoms with Crippen molar-refractivity contribution in [2.24, 2.45) is 5.92 Å². The molecule has 1 aromatic heterocycles. The zero-order chi connectivity index (χ0) is 13.8. The molecule has 5 heteroatoms. The predicted molar refractivity (Wildman–Crippen MR) is 82.4 cm³/mol. The van der Waals surface area contributed by atoms with E-state index in [-0.39, 0.29) is 0 Å². The maximum Gasteiger partial charge on any atom is 0.191 e. The summed E-state index contributed by atoms with van der Waals surface area (Å²) in [5, 5.41) is 1.04. The van der Waals surface area contributed by atoms with Crippen molar-refractivity contribution in [3.8, 4) is 0 Å². The van der Waals surface area contributed by atoms with Gasteiger partial charge in [-0.1, -0.05) is 47.2 Å². The summed E-state index contributed by atoms with van der Waals surface area (Å²) >= 11 is 7.44. The Morgan fingerprint density at radius 2 is 2.37 bits per heavy atom. The predicted octanol–water partition coefficient (Wildman–Crippen LogP) is 4.11. The number of rotatable bonds is 4. The van der Waals surface area contributed by atoms with Crippen LogP contribution in [0.15, 0.2) is 35.0 Å². The molecule has 0 aromatic carbocycles. The molecule has 0 amide bonds. The van der Waals surface area contributed by atoms with Crippen molar-refractivity contribution in [3.63, 3.8) is 0 Å². The summed E-state index contributed by atoms with van der Waals surface area (Å²) in [5.74, 6) is 1.97. The maximum atomic E-state index is 5.86. The summed E-state index contributed by atoms with van der Waals surface area (Å²) in [4.78, 5) is 8.32. The molecular formula is C14H18ClN3S. The van der Waals surface area contributed by atoms with E-state index in [1.165, 1.54) is 17.6 Å². The standard InChI is InChI=1S/C14H18ClN3S/c1-9(2)11-5-3-10(4-6-11)8-19-14-17-12(15)7-13(16)18-14/h3,7,11H,1,4-6,8H2,2H3,(H2,16,17,18)/t11-/m1/s1. The SMILES string of the molecule is C=C(C)[C@@H]1CC=C(CSc2nc(N)cc(Cl)n2)CC1. The zero-order valence-electron chi connectivity index (χ0n) is 11.0. The zero-order valence-corrected chi connectivity index (χ0v) is 12.6. The summed E-state index contributed by atoms with van der Waals surface area (Å²) in [7, 11) is 0. The lowest BCUT2D eigenvalue weighted by molar-refractivity contribution is 0.541. The Kier molecular flexibility index (Phi) is 4.88. The third kappa shape index (κ3) is 4.25. The maximum absolute atomic E-state index is 5.86. The minimum atomic E-state index is 0.398. The largest absolute Gasteiger partial charge is 0.384 e. The highest BCUT2D eigenvalue weighted by atomic mass is 35.5. The molecule has 1 aliphatic carbocycles. The average Bonchev–Trinajstić information content (AvgIpc) is 2.36. The third-order valence-corrected chi connectivity index (χ3v) is 4.43. The van der Waals surface area contributed by atoms with Gasteiger partial charge in [-0.05, 0) is 32.1 Å². The molecule has 19 heavy (non-hydrogen) atoms. The first-order valence-corrected chi connectivity index (χ1v) is 7.67. The first-order valence-electron chi connectivity index (χ1n) is 6.30. The molecule has 0 aliphatic heterocycles. The first kappa shape index (κ1) is 14.4. The van der Waals surface area contributed by atoms with Crippen LogP contribution in [0.1, 0.15) is 26.2 Å². The van der Waals surface area contributed by atoms with Crippen LogP contribution in [0.5, 0.6) is 0 Å². The molecule has 0 spiro atoms. The lowest BCUT2D eigenvalue weighted by Gasteiger charge is -2.21. The van der Waals surface area contributed by atoms with Crippen LogP contribution in [0, 0.1) is 5.92 Å². The van der Waals surface area contributed by atoms with Gasteiger partial charge < -0.3 is 5.73 Å². The molecule has 0 fully saturated rings. The fraction of sp³-hybridized carbons (Fsp3) is 0.429. The third-order valence-electron chi connectivity index (χ3n) is 3.28. The van der Waals surface area contributed by atoms with Gasteiger partial charge in [-0.25, -0.2) is 9.97 Å². The van der Waals surface area contributed by atoms with Crippen molar-refractivity contribution in [1.82, 2.24) is 9.97 Å². The van der Waals surface area contributed by atoms with Gasteiger partial charge in [0.2, 0.25) is 0 Å². The monoisotopic (exact) mass is 295 g/mol. The van der Waals surface area contributed by atoms with Gasteiger partial charge in [0.05, 0.1) is 0 Å². The summed E-state index contributed by atoms with van der Waals surface area (Å²) in [6, 6.07) is 1.56. The molecule has 1 aliphatic rings. The Labute approximate surface area is 123 Å². The highest BCUT2D eigenvalue weighted by Gasteiger charge is 2.15. The van der Waals surface area contributed by atoms with Crippen LogP contribution in [-0.2, 0) is 0 Å². The minimum Gasteiger partial charge on any atom is -0.384 e. The normalized spacial score (nSPS) is 19.1. The quantitative estimate of drug-likeness (QED) is 0.393. The molecular weight excluding hydrogens is 278 g/mol. The van der Waals surface area contributed by atoms with Crippen molar-refractivity contribution in [1.29, 1.82) is 0 Å². The second-order valence-corrected chi connectivity index (χ2v) is 6.20. The van der Waals surface area contributed by atoms with Gasteiger partial charge in [-0.15, -0.1) is 0 Å². The molecule has 1 heterocycles. The van der Waals surface area contributed by atoms with Gasteiger partial charge in [0.15, 0.2) is 5.16 Å². The van der Waals surface area contributed by atoms with Crippen LogP contribution in [0.25, 0.3) is 0 Å². The Morgan fingerprint density at radius 3 is 2.95 bits per heavy atom. The number of nitrogens with two attached hydrogens (primary N) is 1. The lowest BCUT2D eigenvalue weighted by atomic mass is 9.86. The van der Waals surface area contributed by atoms with E-state index in [1.54, 1.807) is 17.8 Å². The number of anilines is 1. The molecule has 2 rings (SSSR count). The van der Waals surface area contributed by atoms with Crippen LogP contribution < -0.4 is 5.73 Å². The van der Waals surface area contributed by atoms with Crippen molar-refractivity contribution >= 4 is 29.2 Å². The van der Waals surface area contributed by atoms with E-state index in [1.807, 2.05) is 0 Å². The minimum absolute atomic E-state index is 0.398. The van der Waals surface area contributed by atoms with Gasteiger partial charge in [0, 0.05) is 11.8 Å². The van der Waals surface area contributed by atoms with E-state index in [0.29, 0.717) is 22.0 Å². The fourth-order valence-corrected chi connectivity index (χ4v) is 3.25. The molecule has 102 valence electrons. The second kappa shape index (κ2) is 6.44. The van der Waals surface area contributed by atoms with Crippen LogP contribution in [0.2, 0.25) is 5.15 Å². The smallest absolute Gasteiger partial charge is 0.191 e. The van der Waals surface area contributed by atoms with E-state index in [9.17, 15) is 0 Å². The van der Waals surface area contributed by atoms with E-state index < -0.39 is 0 Å². The van der Waals surface area contributed by atoms with Crippen LogP contribution in [0.3, 0.4) is 0 Å². The number of nitrogen functional groups attached to an aromatic ring is 1. The molecule has 3 nitrogen and oxygen atoms in total. The molecule has 1 aromatic rings. The summed E-state index contributed by atoms with van der Waals surface area (Å²) in [6.07, 6.45) is 5.74. The Balaban J connectivity index is 1.91. The average molecular weight is 296 g/mol. The first-order chi connectivity index (χ1) is 9.04. The van der Waals surface area contributed by atoms with Crippen molar-refractivity contribution in [2.45, 2.75) is 31.3 Å². The Hall–Kier alpha value is -1.00. The van der Waals surface area contributed by atoms with E-state index in [2.05, 4.69) is 29.5 Å². The van der Waals surface area contributed by atoms with Gasteiger partial charge in [-0.3, -0.25) is 0 Å². The number of hydrogen-bond acceptors (Lipinski definition) is 4. The summed E-state index contributed by atoms with van der Waals surface area (Å²) < 4.78 is 0. The van der Waals surface area contributed by atoms with E-state index >= 15 is 0 Å². The number of hydrogen-bond donors (Lipinski definition) is 1. The van der Waals surface area contributed by atoms with Crippen molar-refractivity contribution in [3.05, 3.63) is 35.0 Å². The van der Waals surface area contributed by atoms with Crippen molar-refractivity contribution < 1.29 is 0 Å². The van der Waals surface area contributed by atoms with Crippen LogP contribution >= 0.6 is 23.4 Å². The molecule has 0 radical (unpaired) electrons. The molecule has 0 saturated carbocycles.